The molecule has 0 bridgehead atoms. The van der Waals surface area contributed by atoms with Crippen molar-refractivity contribution in [1.82, 2.24) is 9.62 Å². The Kier molecular flexibility index (Phi) is 7.12. The maximum Gasteiger partial charge on any atom is 0.291 e. The average molecular weight is 456 g/mol. The third-order valence-electron chi connectivity index (χ3n) is 4.93. The van der Waals surface area contributed by atoms with Crippen molar-refractivity contribution >= 4 is 27.5 Å². The van der Waals surface area contributed by atoms with E-state index >= 15 is 0 Å². The van der Waals surface area contributed by atoms with Crippen LogP contribution in [0.3, 0.4) is 0 Å². The minimum Gasteiger partial charge on any atom is -0.459 e. The van der Waals surface area contributed by atoms with Crippen LogP contribution >= 0.6 is 0 Å². The second kappa shape index (κ2) is 9.80. The number of nitrogens with zero attached hydrogens (tertiary/aromatic N) is 1. The van der Waals surface area contributed by atoms with Gasteiger partial charge in [0.25, 0.3) is 11.8 Å². The lowest BCUT2D eigenvalue weighted by atomic mass is 10.2. The Balaban J connectivity index is 1.57. The van der Waals surface area contributed by atoms with Gasteiger partial charge in [-0.2, -0.15) is 4.31 Å². The van der Waals surface area contributed by atoms with E-state index in [4.69, 9.17) is 4.42 Å². The summed E-state index contributed by atoms with van der Waals surface area (Å²) >= 11 is 0. The molecule has 2 aromatic carbocycles. The van der Waals surface area contributed by atoms with Gasteiger partial charge in [-0.1, -0.05) is 12.1 Å². The first-order valence-electron chi connectivity index (χ1n) is 9.98. The van der Waals surface area contributed by atoms with Gasteiger partial charge in [0, 0.05) is 30.9 Å². The summed E-state index contributed by atoms with van der Waals surface area (Å²) in [5.41, 5.74) is 1.80. The van der Waals surface area contributed by atoms with E-state index in [0.717, 1.165) is 5.56 Å². The minimum absolute atomic E-state index is 0.137. The van der Waals surface area contributed by atoms with Gasteiger partial charge >= 0.3 is 0 Å². The number of carbonyl (C=O) groups is 2. The Morgan fingerprint density at radius 1 is 0.969 bits per heavy atom. The van der Waals surface area contributed by atoms with Gasteiger partial charge in [0.15, 0.2) is 5.76 Å². The van der Waals surface area contributed by atoms with Crippen LogP contribution in [0.5, 0.6) is 0 Å². The molecule has 1 heterocycles. The Morgan fingerprint density at radius 2 is 1.62 bits per heavy atom. The third kappa shape index (κ3) is 5.43. The summed E-state index contributed by atoms with van der Waals surface area (Å²) in [5, 5.41) is 5.52. The molecule has 32 heavy (non-hydrogen) atoms. The molecular weight excluding hydrogens is 430 g/mol. The summed E-state index contributed by atoms with van der Waals surface area (Å²) in [5.74, 6) is -0.446. The van der Waals surface area contributed by atoms with Crippen molar-refractivity contribution in [2.24, 2.45) is 0 Å². The molecule has 9 heteroatoms. The van der Waals surface area contributed by atoms with E-state index in [-0.39, 0.29) is 35.1 Å². The highest BCUT2D eigenvalue weighted by atomic mass is 32.2. The third-order valence-corrected chi connectivity index (χ3v) is 6.98. The van der Waals surface area contributed by atoms with Crippen molar-refractivity contribution in [3.05, 3.63) is 83.8 Å². The molecule has 2 N–H and O–H groups in total. The summed E-state index contributed by atoms with van der Waals surface area (Å²) in [4.78, 5) is 24.5. The summed E-state index contributed by atoms with van der Waals surface area (Å²) in [7, 11) is -2.08. The number of rotatable bonds is 8. The van der Waals surface area contributed by atoms with Crippen molar-refractivity contribution in [3.63, 3.8) is 0 Å². The first-order chi connectivity index (χ1) is 15.2. The highest BCUT2D eigenvalue weighted by molar-refractivity contribution is 7.89. The zero-order chi connectivity index (χ0) is 23.3. The number of anilines is 1. The molecule has 168 valence electrons. The topological polar surface area (TPSA) is 109 Å². The monoisotopic (exact) mass is 455 g/mol. The number of nitrogens with one attached hydrogen (secondary N) is 2. The zero-order valence-corrected chi connectivity index (χ0v) is 18.8. The fourth-order valence-corrected chi connectivity index (χ4v) is 4.18. The van der Waals surface area contributed by atoms with Crippen molar-refractivity contribution in [1.29, 1.82) is 0 Å². The summed E-state index contributed by atoms with van der Waals surface area (Å²) in [6.07, 6.45) is 1.43. The predicted molar refractivity (Wildman–Crippen MR) is 121 cm³/mol. The quantitative estimate of drug-likeness (QED) is 0.540. The number of hydrogen-bond acceptors (Lipinski definition) is 5. The molecule has 0 aliphatic carbocycles. The lowest BCUT2D eigenvalue weighted by Crippen LogP contribution is -2.33. The van der Waals surface area contributed by atoms with Crippen LogP contribution in [0.2, 0.25) is 0 Å². The molecule has 0 spiro atoms. The Labute approximate surface area is 187 Å². The molecule has 0 fully saturated rings. The number of amides is 2. The van der Waals surface area contributed by atoms with Crippen molar-refractivity contribution < 1.29 is 22.4 Å². The first-order valence-corrected chi connectivity index (χ1v) is 11.4. The largest absolute Gasteiger partial charge is 0.459 e. The van der Waals surface area contributed by atoms with Gasteiger partial charge in [-0.25, -0.2) is 8.42 Å². The van der Waals surface area contributed by atoms with E-state index in [2.05, 4.69) is 10.6 Å². The molecule has 0 saturated carbocycles. The van der Waals surface area contributed by atoms with E-state index < -0.39 is 10.0 Å². The predicted octanol–water partition coefficient (Wildman–Crippen LogP) is 3.49. The number of carbonyl (C=O) groups excluding carboxylic acids is 2. The standard InChI is InChI=1S/C23H25N3O5S/c1-16(2)26(3)32(29,30)20-12-8-18(9-13-20)22(27)24-15-17-6-10-19(11-7-17)25-23(28)21-5-4-14-31-21/h4-14,16H,15H2,1-3H3,(H,24,27)(H,25,28). The molecule has 2 amide bonds. The van der Waals surface area contributed by atoms with Crippen LogP contribution in [-0.2, 0) is 16.6 Å². The number of hydrogen-bond donors (Lipinski definition) is 2. The average Bonchev–Trinajstić information content (AvgIpc) is 3.33. The molecule has 3 rings (SSSR count). The van der Waals surface area contributed by atoms with Gasteiger partial charge in [-0.05, 0) is 67.9 Å². The van der Waals surface area contributed by atoms with Crippen LogP contribution in [0.15, 0.2) is 76.2 Å². The number of furan rings is 1. The molecule has 0 saturated heterocycles. The van der Waals surface area contributed by atoms with Gasteiger partial charge < -0.3 is 15.1 Å². The van der Waals surface area contributed by atoms with Crippen LogP contribution in [0, 0.1) is 0 Å². The lowest BCUT2D eigenvalue weighted by molar-refractivity contribution is 0.0949. The van der Waals surface area contributed by atoms with Crippen LogP contribution < -0.4 is 10.6 Å². The highest BCUT2D eigenvalue weighted by Crippen LogP contribution is 2.17. The summed E-state index contributed by atoms with van der Waals surface area (Å²) in [6, 6.07) is 15.9. The smallest absolute Gasteiger partial charge is 0.291 e. The molecular formula is C23H25N3O5S. The number of benzene rings is 2. The van der Waals surface area contributed by atoms with Gasteiger partial charge in [-0.3, -0.25) is 9.59 Å². The minimum atomic E-state index is -3.60. The fraction of sp³-hybridized carbons (Fsp3) is 0.217. The van der Waals surface area contributed by atoms with E-state index in [1.54, 1.807) is 50.2 Å². The Hall–Kier alpha value is -3.43. The molecule has 0 atom stereocenters. The van der Waals surface area contributed by atoms with Crippen LogP contribution in [-0.4, -0.2) is 37.6 Å². The molecule has 3 aromatic rings. The Morgan fingerprint density at radius 3 is 2.19 bits per heavy atom. The highest BCUT2D eigenvalue weighted by Gasteiger charge is 2.23. The van der Waals surface area contributed by atoms with Gasteiger partial charge in [0.1, 0.15) is 0 Å². The van der Waals surface area contributed by atoms with E-state index in [9.17, 15) is 18.0 Å². The fourth-order valence-electron chi connectivity index (χ4n) is 2.81. The van der Waals surface area contributed by atoms with Crippen molar-refractivity contribution in [3.8, 4) is 0 Å². The van der Waals surface area contributed by atoms with Gasteiger partial charge in [0.2, 0.25) is 10.0 Å². The molecule has 1 aromatic heterocycles. The normalized spacial score (nSPS) is 11.5. The van der Waals surface area contributed by atoms with Crippen LogP contribution in [0.25, 0.3) is 0 Å². The molecule has 0 aliphatic heterocycles. The maximum absolute atomic E-state index is 12.5. The lowest BCUT2D eigenvalue weighted by Gasteiger charge is -2.21. The van der Waals surface area contributed by atoms with Crippen molar-refractivity contribution in [2.75, 3.05) is 12.4 Å². The second-order valence-electron chi connectivity index (χ2n) is 7.45. The van der Waals surface area contributed by atoms with Crippen molar-refractivity contribution in [2.45, 2.75) is 31.3 Å². The molecule has 0 aliphatic rings. The van der Waals surface area contributed by atoms with E-state index in [1.807, 2.05) is 0 Å². The Bertz CT molecular complexity index is 1170. The van der Waals surface area contributed by atoms with Gasteiger partial charge in [0.05, 0.1) is 11.2 Å². The molecule has 8 nitrogen and oxygen atoms in total. The SMILES string of the molecule is CC(C)N(C)S(=O)(=O)c1ccc(C(=O)NCc2ccc(NC(=O)c3ccco3)cc2)cc1. The van der Waals surface area contributed by atoms with Gasteiger partial charge in [-0.15, -0.1) is 0 Å². The zero-order valence-electron chi connectivity index (χ0n) is 18.0. The van der Waals surface area contributed by atoms with E-state index in [0.29, 0.717) is 11.3 Å². The maximum atomic E-state index is 12.5. The first kappa shape index (κ1) is 23.2. The summed E-state index contributed by atoms with van der Waals surface area (Å²) in [6.45, 7) is 3.86. The van der Waals surface area contributed by atoms with E-state index in [1.165, 1.54) is 41.9 Å². The molecule has 0 radical (unpaired) electrons. The second-order valence-corrected chi connectivity index (χ2v) is 9.45. The molecule has 0 unspecified atom stereocenters. The van der Waals surface area contributed by atoms with Crippen LogP contribution in [0.1, 0.15) is 40.3 Å². The summed E-state index contributed by atoms with van der Waals surface area (Å²) < 4.78 is 31.4. The van der Waals surface area contributed by atoms with Crippen LogP contribution in [0.4, 0.5) is 5.69 Å². The number of sulfonamides is 1.